The standard InChI is InChI=1S/C33H38Cl2N6O5S/c1-5-46-28-15-14-26(47(44,45)38(3)4)20-27(28)32-37-29(22-6-10-24(34)11-7-22)30(23-8-12-25(35)13-9-23)41(32)33(43)40-18-16-39(17-19-40)21(2)31(36)42/h6-15,20-21,29-30H,5,16-19H2,1-4H3,(H2,36,42). The summed E-state index contributed by atoms with van der Waals surface area (Å²) in [6.07, 6.45) is 0. The lowest BCUT2D eigenvalue weighted by atomic mass is 9.93. The molecule has 3 aromatic carbocycles. The monoisotopic (exact) mass is 700 g/mol. The van der Waals surface area contributed by atoms with Crippen molar-refractivity contribution < 1.29 is 22.7 Å². The maximum Gasteiger partial charge on any atom is 0.326 e. The molecule has 2 N–H and O–H groups in total. The molecule has 11 nitrogen and oxygen atoms in total. The Morgan fingerprint density at radius 2 is 1.53 bits per heavy atom. The zero-order valence-corrected chi connectivity index (χ0v) is 29.0. The van der Waals surface area contributed by atoms with Gasteiger partial charge in [-0.15, -0.1) is 0 Å². The minimum Gasteiger partial charge on any atom is -0.493 e. The molecule has 3 amide bonds. The number of ether oxygens (including phenoxy) is 1. The lowest BCUT2D eigenvalue weighted by molar-refractivity contribution is -0.123. The maximum atomic E-state index is 14.8. The molecule has 3 unspecified atom stereocenters. The molecule has 3 atom stereocenters. The van der Waals surface area contributed by atoms with Crippen LogP contribution in [0.4, 0.5) is 4.79 Å². The Morgan fingerprint density at radius 1 is 0.957 bits per heavy atom. The zero-order chi connectivity index (χ0) is 34.0. The Morgan fingerprint density at radius 3 is 2.06 bits per heavy atom. The van der Waals surface area contributed by atoms with Gasteiger partial charge in [0.15, 0.2) is 0 Å². The Labute approximate surface area is 285 Å². The van der Waals surface area contributed by atoms with Crippen molar-refractivity contribution in [2.24, 2.45) is 10.7 Å². The van der Waals surface area contributed by atoms with Crippen LogP contribution in [0.15, 0.2) is 76.6 Å². The minimum atomic E-state index is -3.84. The van der Waals surface area contributed by atoms with Crippen LogP contribution in [0.1, 0.15) is 42.6 Å². The number of amidine groups is 1. The van der Waals surface area contributed by atoms with Crippen LogP contribution in [0.25, 0.3) is 0 Å². The molecule has 2 aliphatic heterocycles. The van der Waals surface area contributed by atoms with Crippen molar-refractivity contribution in [1.29, 1.82) is 0 Å². The highest BCUT2D eigenvalue weighted by atomic mass is 35.5. The van der Waals surface area contributed by atoms with Crippen LogP contribution in [0.5, 0.6) is 5.75 Å². The first-order chi connectivity index (χ1) is 22.3. The summed E-state index contributed by atoms with van der Waals surface area (Å²) in [6, 6.07) is 17.1. The van der Waals surface area contributed by atoms with E-state index in [0.29, 0.717) is 54.1 Å². The Hall–Kier alpha value is -3.68. The van der Waals surface area contributed by atoms with Crippen molar-refractivity contribution in [3.05, 3.63) is 93.5 Å². The number of urea groups is 1. The van der Waals surface area contributed by atoms with Crippen LogP contribution >= 0.6 is 23.2 Å². The second-order valence-corrected chi connectivity index (χ2v) is 14.6. The number of hydrogen-bond donors (Lipinski definition) is 1. The van der Waals surface area contributed by atoms with Gasteiger partial charge in [0.05, 0.1) is 29.1 Å². The van der Waals surface area contributed by atoms with E-state index < -0.39 is 34.1 Å². The number of nitrogens with zero attached hydrogens (tertiary/aromatic N) is 5. The van der Waals surface area contributed by atoms with Crippen molar-refractivity contribution in [3.63, 3.8) is 0 Å². The molecular weight excluding hydrogens is 663 g/mol. The van der Waals surface area contributed by atoms with Gasteiger partial charge >= 0.3 is 6.03 Å². The van der Waals surface area contributed by atoms with Gasteiger partial charge < -0.3 is 15.4 Å². The number of nitrogens with two attached hydrogens (primary N) is 1. The molecule has 0 bridgehead atoms. The van der Waals surface area contributed by atoms with Gasteiger partial charge in [-0.05, 0) is 67.4 Å². The van der Waals surface area contributed by atoms with E-state index in [9.17, 15) is 18.0 Å². The zero-order valence-electron chi connectivity index (χ0n) is 26.6. The molecule has 250 valence electrons. The quantitative estimate of drug-likeness (QED) is 0.342. The van der Waals surface area contributed by atoms with Gasteiger partial charge in [0, 0.05) is 50.3 Å². The van der Waals surface area contributed by atoms with Crippen molar-refractivity contribution >= 4 is 51.0 Å². The summed E-state index contributed by atoms with van der Waals surface area (Å²) in [5.41, 5.74) is 7.50. The van der Waals surface area contributed by atoms with Gasteiger partial charge in [0.2, 0.25) is 15.9 Å². The number of amides is 3. The van der Waals surface area contributed by atoms with Crippen molar-refractivity contribution in [1.82, 2.24) is 19.0 Å². The first kappa shape index (κ1) is 34.6. The number of primary amides is 1. The third kappa shape index (κ3) is 7.12. The molecular formula is C33H38Cl2N6O5S. The predicted molar refractivity (Wildman–Crippen MR) is 182 cm³/mol. The van der Waals surface area contributed by atoms with Crippen molar-refractivity contribution in [3.8, 4) is 5.75 Å². The molecule has 1 fully saturated rings. The number of carbonyl (C=O) groups is 2. The molecule has 0 radical (unpaired) electrons. The first-order valence-corrected chi connectivity index (χ1v) is 17.4. The summed E-state index contributed by atoms with van der Waals surface area (Å²) in [7, 11) is -0.928. The third-order valence-electron chi connectivity index (χ3n) is 8.51. The molecule has 2 aliphatic rings. The molecule has 3 aromatic rings. The molecule has 0 spiro atoms. The van der Waals surface area contributed by atoms with Gasteiger partial charge in [0.25, 0.3) is 0 Å². The predicted octanol–water partition coefficient (Wildman–Crippen LogP) is 4.80. The lowest BCUT2D eigenvalue weighted by Gasteiger charge is -2.40. The van der Waals surface area contributed by atoms with Gasteiger partial charge in [-0.2, -0.15) is 0 Å². The largest absolute Gasteiger partial charge is 0.493 e. The van der Waals surface area contributed by atoms with Crippen LogP contribution in [0, 0.1) is 0 Å². The second-order valence-electron chi connectivity index (χ2n) is 11.6. The Balaban J connectivity index is 1.69. The number of rotatable bonds is 9. The van der Waals surface area contributed by atoms with E-state index in [0.717, 1.165) is 15.4 Å². The molecule has 1 saturated heterocycles. The summed E-state index contributed by atoms with van der Waals surface area (Å²) >= 11 is 12.5. The van der Waals surface area contributed by atoms with Crippen LogP contribution in [0.3, 0.4) is 0 Å². The third-order valence-corrected chi connectivity index (χ3v) is 10.8. The molecule has 0 saturated carbocycles. The van der Waals surface area contributed by atoms with E-state index in [-0.39, 0.29) is 16.8 Å². The van der Waals surface area contributed by atoms with Crippen molar-refractivity contribution in [2.45, 2.75) is 36.9 Å². The number of hydrogen-bond acceptors (Lipinski definition) is 7. The fourth-order valence-corrected chi connectivity index (χ4v) is 7.00. The molecule has 14 heteroatoms. The van der Waals surface area contributed by atoms with E-state index in [4.69, 9.17) is 38.7 Å². The average Bonchev–Trinajstić information content (AvgIpc) is 3.45. The first-order valence-electron chi connectivity index (χ1n) is 15.2. The number of benzene rings is 3. The smallest absolute Gasteiger partial charge is 0.326 e. The fourth-order valence-electron chi connectivity index (χ4n) is 5.82. The van der Waals surface area contributed by atoms with Crippen LogP contribution < -0.4 is 10.5 Å². The topological polar surface area (TPSA) is 129 Å². The highest BCUT2D eigenvalue weighted by Gasteiger charge is 2.45. The summed E-state index contributed by atoms with van der Waals surface area (Å²) in [4.78, 5) is 37.1. The average molecular weight is 702 g/mol. The molecule has 5 rings (SSSR count). The van der Waals surface area contributed by atoms with Crippen molar-refractivity contribution in [2.75, 3.05) is 46.9 Å². The maximum absolute atomic E-state index is 14.8. The highest BCUT2D eigenvalue weighted by molar-refractivity contribution is 7.89. The van der Waals surface area contributed by atoms with Crippen LogP contribution in [-0.4, -0.2) is 98.1 Å². The normalized spacial score (nSPS) is 19.5. The minimum absolute atomic E-state index is 0.0306. The number of halogens is 2. The Bertz CT molecular complexity index is 1760. The number of sulfonamides is 1. The fraction of sp³-hybridized carbons (Fsp3) is 0.364. The summed E-state index contributed by atoms with van der Waals surface area (Å²) in [5, 5.41) is 1.09. The SMILES string of the molecule is CCOc1ccc(S(=O)(=O)N(C)C)cc1C1=NC(c2ccc(Cl)cc2)C(c2ccc(Cl)cc2)N1C(=O)N1CCN(C(C)C(N)=O)CC1. The number of carbonyl (C=O) groups excluding carboxylic acids is 2. The van der Waals surface area contributed by atoms with E-state index >= 15 is 0 Å². The number of piperazine rings is 1. The van der Waals surface area contributed by atoms with E-state index in [1.807, 2.05) is 36.1 Å². The molecule has 2 heterocycles. The van der Waals surface area contributed by atoms with E-state index in [2.05, 4.69) is 0 Å². The molecule has 0 aromatic heterocycles. The van der Waals surface area contributed by atoms with E-state index in [1.165, 1.54) is 26.2 Å². The van der Waals surface area contributed by atoms with Gasteiger partial charge in [-0.3, -0.25) is 19.6 Å². The van der Waals surface area contributed by atoms with Gasteiger partial charge in [-0.25, -0.2) is 17.5 Å². The lowest BCUT2D eigenvalue weighted by Crippen LogP contribution is -2.57. The van der Waals surface area contributed by atoms with Gasteiger partial charge in [-0.1, -0.05) is 47.5 Å². The molecule has 0 aliphatic carbocycles. The van der Waals surface area contributed by atoms with E-state index in [1.54, 1.807) is 47.1 Å². The van der Waals surface area contributed by atoms with Gasteiger partial charge in [0.1, 0.15) is 17.6 Å². The van der Waals surface area contributed by atoms with Crippen LogP contribution in [0.2, 0.25) is 10.0 Å². The number of aliphatic imine (C=N–C) groups is 1. The summed E-state index contributed by atoms with van der Waals surface area (Å²) in [6.45, 7) is 5.45. The Kier molecular flexibility index (Phi) is 10.5. The highest BCUT2D eigenvalue weighted by Crippen LogP contribution is 2.46. The molecule has 47 heavy (non-hydrogen) atoms. The van der Waals surface area contributed by atoms with Crippen LogP contribution in [-0.2, 0) is 14.8 Å². The summed E-state index contributed by atoms with van der Waals surface area (Å²) in [5.74, 6) is 0.221. The summed E-state index contributed by atoms with van der Waals surface area (Å²) < 4.78 is 33.7. The second kappa shape index (κ2) is 14.2.